The van der Waals surface area contributed by atoms with E-state index in [1.807, 2.05) is 48.5 Å². The summed E-state index contributed by atoms with van der Waals surface area (Å²) in [6, 6.07) is 15.6. The van der Waals surface area contributed by atoms with Gasteiger partial charge in [0.2, 0.25) is 5.28 Å². The summed E-state index contributed by atoms with van der Waals surface area (Å²) in [6.45, 7) is 2.06. The van der Waals surface area contributed by atoms with Gasteiger partial charge < -0.3 is 5.32 Å². The minimum absolute atomic E-state index is 0.0802. The summed E-state index contributed by atoms with van der Waals surface area (Å²) in [5.74, 6) is 0.730. The van der Waals surface area contributed by atoms with Crippen molar-refractivity contribution in [3.05, 3.63) is 64.4 Å². The van der Waals surface area contributed by atoms with Crippen LogP contribution in [0.2, 0.25) is 10.3 Å². The fourth-order valence-corrected chi connectivity index (χ4v) is 2.50. The van der Waals surface area contributed by atoms with E-state index in [-0.39, 0.29) is 11.3 Å². The summed E-state index contributed by atoms with van der Waals surface area (Å²) in [5.41, 5.74) is 1.95. The second-order valence-corrected chi connectivity index (χ2v) is 5.55. The minimum atomic E-state index is 0.0802. The van der Waals surface area contributed by atoms with Crippen molar-refractivity contribution >= 4 is 39.9 Å². The van der Waals surface area contributed by atoms with Crippen molar-refractivity contribution in [1.29, 1.82) is 0 Å². The van der Waals surface area contributed by atoms with Gasteiger partial charge in [-0.2, -0.15) is 0 Å². The van der Waals surface area contributed by atoms with Crippen molar-refractivity contribution < 1.29 is 0 Å². The van der Waals surface area contributed by atoms with E-state index < -0.39 is 0 Å². The molecule has 1 N–H and O–H groups in total. The van der Waals surface area contributed by atoms with Gasteiger partial charge in [0.15, 0.2) is 0 Å². The van der Waals surface area contributed by atoms with Crippen LogP contribution in [0, 0.1) is 0 Å². The van der Waals surface area contributed by atoms with Gasteiger partial charge in [-0.25, -0.2) is 9.97 Å². The molecule has 0 aliphatic rings. The molecule has 21 heavy (non-hydrogen) atoms. The summed E-state index contributed by atoms with van der Waals surface area (Å²) in [4.78, 5) is 8.53. The van der Waals surface area contributed by atoms with Gasteiger partial charge in [0.05, 0.1) is 5.52 Å². The van der Waals surface area contributed by atoms with E-state index >= 15 is 0 Å². The molecule has 3 rings (SSSR count). The molecule has 0 aliphatic carbocycles. The predicted octanol–water partition coefficient (Wildman–Crippen LogP) is 5.11. The van der Waals surface area contributed by atoms with Crippen LogP contribution in [0.25, 0.3) is 10.9 Å². The molecular weight excluding hydrogens is 305 g/mol. The molecule has 0 aliphatic heterocycles. The Kier molecular flexibility index (Phi) is 3.95. The number of para-hydroxylation sites is 1. The number of fused-ring (bicyclic) bond motifs is 1. The third kappa shape index (κ3) is 3.09. The molecule has 0 bridgehead atoms. The number of hydrogen-bond donors (Lipinski definition) is 1. The fourth-order valence-electron chi connectivity index (χ4n) is 2.20. The highest BCUT2D eigenvalue weighted by Gasteiger charge is 2.10. The molecule has 1 heterocycles. The molecular formula is C16H13Cl2N3. The van der Waals surface area contributed by atoms with Crippen LogP contribution in [0.3, 0.4) is 0 Å². The zero-order valence-corrected chi connectivity index (χ0v) is 12.9. The zero-order chi connectivity index (χ0) is 14.8. The summed E-state index contributed by atoms with van der Waals surface area (Å²) in [6.07, 6.45) is 0. The molecule has 1 aromatic heterocycles. The number of hydrogen-bond acceptors (Lipinski definition) is 3. The van der Waals surface area contributed by atoms with E-state index in [4.69, 9.17) is 23.2 Å². The first kappa shape index (κ1) is 14.1. The number of aromatic nitrogens is 2. The molecule has 3 aromatic rings. The standard InChI is InChI=1S/C16H13Cl2N3/c1-10(11-6-8-12(17)9-7-11)19-15-13-4-2-3-5-14(13)20-16(18)21-15/h2-10H,1H3,(H,19,20,21). The van der Waals surface area contributed by atoms with Crippen molar-refractivity contribution in [1.82, 2.24) is 9.97 Å². The molecule has 0 fully saturated rings. The van der Waals surface area contributed by atoms with E-state index in [2.05, 4.69) is 22.2 Å². The van der Waals surface area contributed by atoms with Crippen LogP contribution in [-0.4, -0.2) is 9.97 Å². The molecule has 0 spiro atoms. The van der Waals surface area contributed by atoms with Crippen molar-refractivity contribution in [3.63, 3.8) is 0 Å². The Morgan fingerprint density at radius 1 is 0.952 bits per heavy atom. The molecule has 1 unspecified atom stereocenters. The maximum Gasteiger partial charge on any atom is 0.224 e. The number of anilines is 1. The number of rotatable bonds is 3. The molecule has 3 nitrogen and oxygen atoms in total. The van der Waals surface area contributed by atoms with Gasteiger partial charge in [-0.05, 0) is 48.4 Å². The second kappa shape index (κ2) is 5.88. The third-order valence-electron chi connectivity index (χ3n) is 3.30. The van der Waals surface area contributed by atoms with Crippen LogP contribution in [-0.2, 0) is 0 Å². The molecule has 5 heteroatoms. The van der Waals surface area contributed by atoms with Crippen LogP contribution < -0.4 is 5.32 Å². The van der Waals surface area contributed by atoms with E-state index in [1.165, 1.54) is 0 Å². The van der Waals surface area contributed by atoms with Crippen molar-refractivity contribution in [2.45, 2.75) is 13.0 Å². The lowest BCUT2D eigenvalue weighted by Gasteiger charge is -2.16. The number of benzene rings is 2. The first-order valence-electron chi connectivity index (χ1n) is 6.58. The molecule has 0 amide bonds. The number of nitrogens with zero attached hydrogens (tertiary/aromatic N) is 2. The third-order valence-corrected chi connectivity index (χ3v) is 3.72. The van der Waals surface area contributed by atoms with Gasteiger partial charge >= 0.3 is 0 Å². The van der Waals surface area contributed by atoms with E-state index in [1.54, 1.807) is 0 Å². The second-order valence-electron chi connectivity index (χ2n) is 4.78. The predicted molar refractivity (Wildman–Crippen MR) is 88.0 cm³/mol. The van der Waals surface area contributed by atoms with Gasteiger partial charge in [0, 0.05) is 16.5 Å². The first-order chi connectivity index (χ1) is 10.1. The Morgan fingerprint density at radius 2 is 1.67 bits per heavy atom. The highest BCUT2D eigenvalue weighted by Crippen LogP contribution is 2.26. The average molecular weight is 318 g/mol. The van der Waals surface area contributed by atoms with Gasteiger partial charge in [0.1, 0.15) is 5.82 Å². The fraction of sp³-hybridized carbons (Fsp3) is 0.125. The van der Waals surface area contributed by atoms with Gasteiger partial charge in [-0.15, -0.1) is 0 Å². The molecule has 1 atom stereocenters. The Balaban J connectivity index is 1.95. The van der Waals surface area contributed by atoms with E-state index in [0.29, 0.717) is 0 Å². The maximum atomic E-state index is 5.99. The quantitative estimate of drug-likeness (QED) is 0.682. The summed E-state index contributed by atoms with van der Waals surface area (Å²) in [7, 11) is 0. The monoisotopic (exact) mass is 317 g/mol. The number of halogens is 2. The maximum absolute atomic E-state index is 5.99. The Morgan fingerprint density at radius 3 is 2.43 bits per heavy atom. The highest BCUT2D eigenvalue weighted by atomic mass is 35.5. The Labute approximate surface area is 132 Å². The molecule has 2 aromatic carbocycles. The Bertz CT molecular complexity index is 772. The zero-order valence-electron chi connectivity index (χ0n) is 11.3. The van der Waals surface area contributed by atoms with Gasteiger partial charge in [0.25, 0.3) is 0 Å². The summed E-state index contributed by atoms with van der Waals surface area (Å²) >= 11 is 11.9. The van der Waals surface area contributed by atoms with Crippen LogP contribution in [0.4, 0.5) is 5.82 Å². The average Bonchev–Trinajstić information content (AvgIpc) is 2.47. The van der Waals surface area contributed by atoms with Crippen molar-refractivity contribution in [2.75, 3.05) is 5.32 Å². The normalized spacial score (nSPS) is 12.3. The number of nitrogens with one attached hydrogen (secondary N) is 1. The lowest BCUT2D eigenvalue weighted by atomic mass is 10.1. The van der Waals surface area contributed by atoms with Crippen LogP contribution in [0.1, 0.15) is 18.5 Å². The van der Waals surface area contributed by atoms with E-state index in [9.17, 15) is 0 Å². The molecule has 0 saturated heterocycles. The van der Waals surface area contributed by atoms with Gasteiger partial charge in [-0.1, -0.05) is 35.9 Å². The highest BCUT2D eigenvalue weighted by molar-refractivity contribution is 6.30. The van der Waals surface area contributed by atoms with Crippen LogP contribution in [0.15, 0.2) is 48.5 Å². The van der Waals surface area contributed by atoms with Gasteiger partial charge in [-0.3, -0.25) is 0 Å². The lowest BCUT2D eigenvalue weighted by Crippen LogP contribution is -2.08. The van der Waals surface area contributed by atoms with Crippen LogP contribution in [0.5, 0.6) is 0 Å². The smallest absolute Gasteiger partial charge is 0.224 e. The van der Waals surface area contributed by atoms with E-state index in [0.717, 1.165) is 27.3 Å². The van der Waals surface area contributed by atoms with Crippen molar-refractivity contribution in [3.8, 4) is 0 Å². The molecule has 0 radical (unpaired) electrons. The minimum Gasteiger partial charge on any atom is -0.363 e. The molecule has 106 valence electrons. The molecule has 0 saturated carbocycles. The first-order valence-corrected chi connectivity index (χ1v) is 7.33. The lowest BCUT2D eigenvalue weighted by molar-refractivity contribution is 0.876. The largest absolute Gasteiger partial charge is 0.363 e. The Hall–Kier alpha value is -1.84. The summed E-state index contributed by atoms with van der Waals surface area (Å²) in [5, 5.41) is 5.29. The topological polar surface area (TPSA) is 37.8 Å². The summed E-state index contributed by atoms with van der Waals surface area (Å²) < 4.78 is 0. The van der Waals surface area contributed by atoms with Crippen molar-refractivity contribution in [2.24, 2.45) is 0 Å². The SMILES string of the molecule is CC(Nc1nc(Cl)nc2ccccc12)c1ccc(Cl)cc1. The van der Waals surface area contributed by atoms with Crippen LogP contribution >= 0.6 is 23.2 Å².